The molecule has 0 bridgehead atoms. The van der Waals surface area contributed by atoms with Gasteiger partial charge in [0.05, 0.1) is 6.20 Å². The molecule has 0 radical (unpaired) electrons. The highest BCUT2D eigenvalue weighted by atomic mass is 19.1. The van der Waals surface area contributed by atoms with E-state index < -0.39 is 11.6 Å². The highest BCUT2D eigenvalue weighted by Gasteiger charge is 2.11. The van der Waals surface area contributed by atoms with E-state index in [2.05, 4.69) is 11.6 Å². The van der Waals surface area contributed by atoms with Gasteiger partial charge in [-0.2, -0.15) is 0 Å². The second-order valence-electron chi connectivity index (χ2n) is 2.94. The molecule has 1 aromatic heterocycles. The van der Waals surface area contributed by atoms with Crippen molar-refractivity contribution >= 4 is 5.57 Å². The Labute approximate surface area is 84.9 Å². The molecule has 15 heavy (non-hydrogen) atoms. The van der Waals surface area contributed by atoms with Gasteiger partial charge in [-0.25, -0.2) is 13.8 Å². The van der Waals surface area contributed by atoms with Crippen LogP contribution in [0.5, 0.6) is 0 Å². The summed E-state index contributed by atoms with van der Waals surface area (Å²) in [6.07, 6.45) is 2.80. The molecular formula is C11H7F2NO. The van der Waals surface area contributed by atoms with Crippen LogP contribution in [0, 0.1) is 11.6 Å². The first-order valence-corrected chi connectivity index (χ1v) is 4.22. The van der Waals surface area contributed by atoms with Gasteiger partial charge in [-0.05, 0) is 12.1 Å². The number of nitrogens with zero attached hydrogens (tertiary/aromatic N) is 1. The van der Waals surface area contributed by atoms with Crippen LogP contribution in [0.1, 0.15) is 11.5 Å². The second kappa shape index (κ2) is 3.65. The van der Waals surface area contributed by atoms with Crippen molar-refractivity contribution in [3.63, 3.8) is 0 Å². The first-order valence-electron chi connectivity index (χ1n) is 4.22. The van der Waals surface area contributed by atoms with Crippen LogP contribution in [0.4, 0.5) is 8.78 Å². The van der Waals surface area contributed by atoms with E-state index in [0.29, 0.717) is 0 Å². The lowest BCUT2D eigenvalue weighted by molar-refractivity contribution is 0.540. The third-order valence-electron chi connectivity index (χ3n) is 1.95. The van der Waals surface area contributed by atoms with Gasteiger partial charge in [-0.3, -0.25) is 0 Å². The lowest BCUT2D eigenvalue weighted by Crippen LogP contribution is -1.92. The summed E-state index contributed by atoms with van der Waals surface area (Å²) in [5.41, 5.74) is 0.469. The van der Waals surface area contributed by atoms with Crippen LogP contribution in [0.15, 0.2) is 41.7 Å². The zero-order valence-electron chi connectivity index (χ0n) is 7.71. The van der Waals surface area contributed by atoms with Crippen LogP contribution < -0.4 is 0 Å². The average molecular weight is 207 g/mol. The maximum absolute atomic E-state index is 13.3. The molecule has 2 nitrogen and oxygen atoms in total. The second-order valence-corrected chi connectivity index (χ2v) is 2.94. The van der Waals surface area contributed by atoms with Gasteiger partial charge in [0.1, 0.15) is 17.9 Å². The van der Waals surface area contributed by atoms with Crippen LogP contribution in [0.2, 0.25) is 0 Å². The number of rotatable bonds is 2. The minimum Gasteiger partial charge on any atom is -0.445 e. The maximum atomic E-state index is 13.3. The quantitative estimate of drug-likeness (QED) is 0.756. The summed E-state index contributed by atoms with van der Waals surface area (Å²) < 4.78 is 30.9. The van der Waals surface area contributed by atoms with E-state index in [-0.39, 0.29) is 17.0 Å². The highest BCUT2D eigenvalue weighted by molar-refractivity contribution is 5.73. The van der Waals surface area contributed by atoms with Crippen LogP contribution in [-0.2, 0) is 0 Å². The monoisotopic (exact) mass is 207 g/mol. The zero-order chi connectivity index (χ0) is 10.8. The predicted molar refractivity (Wildman–Crippen MR) is 51.0 cm³/mol. The summed E-state index contributed by atoms with van der Waals surface area (Å²) in [6.45, 7) is 3.64. The largest absolute Gasteiger partial charge is 0.445 e. The summed E-state index contributed by atoms with van der Waals surface area (Å²) in [5, 5.41) is 0. The Morgan fingerprint density at radius 3 is 2.73 bits per heavy atom. The van der Waals surface area contributed by atoms with E-state index in [4.69, 9.17) is 4.42 Å². The van der Waals surface area contributed by atoms with E-state index in [1.165, 1.54) is 18.5 Å². The van der Waals surface area contributed by atoms with Crippen molar-refractivity contribution in [2.45, 2.75) is 0 Å². The minimum atomic E-state index is -0.682. The van der Waals surface area contributed by atoms with Crippen molar-refractivity contribution in [2.24, 2.45) is 0 Å². The van der Waals surface area contributed by atoms with Gasteiger partial charge in [0.25, 0.3) is 0 Å². The van der Waals surface area contributed by atoms with E-state index >= 15 is 0 Å². The fourth-order valence-electron chi connectivity index (χ4n) is 1.22. The molecule has 0 spiro atoms. The van der Waals surface area contributed by atoms with Crippen molar-refractivity contribution < 1.29 is 13.2 Å². The fourth-order valence-corrected chi connectivity index (χ4v) is 1.22. The molecule has 1 heterocycles. The summed E-state index contributed by atoms with van der Waals surface area (Å²) >= 11 is 0. The van der Waals surface area contributed by atoms with Gasteiger partial charge in [-0.15, -0.1) is 0 Å². The predicted octanol–water partition coefficient (Wildman–Crippen LogP) is 3.01. The van der Waals surface area contributed by atoms with E-state index in [1.54, 1.807) is 0 Å². The van der Waals surface area contributed by atoms with Crippen molar-refractivity contribution in [3.8, 4) is 0 Å². The van der Waals surface area contributed by atoms with Gasteiger partial charge in [-0.1, -0.05) is 6.58 Å². The van der Waals surface area contributed by atoms with Gasteiger partial charge in [0.15, 0.2) is 0 Å². The lowest BCUT2D eigenvalue weighted by atomic mass is 10.1. The van der Waals surface area contributed by atoms with Crippen LogP contribution in [-0.4, -0.2) is 4.98 Å². The van der Waals surface area contributed by atoms with Crippen LogP contribution >= 0.6 is 0 Å². The molecule has 0 aliphatic heterocycles. The molecule has 0 unspecified atom stereocenters. The van der Waals surface area contributed by atoms with E-state index in [1.807, 2.05) is 0 Å². The van der Waals surface area contributed by atoms with Crippen LogP contribution in [0.3, 0.4) is 0 Å². The average Bonchev–Trinajstić information content (AvgIpc) is 2.69. The molecule has 0 atom stereocenters. The fraction of sp³-hybridized carbons (Fsp3) is 0. The standard InChI is InChI=1S/C11H7F2NO/c1-7(11-14-4-5-15-11)9-3-2-8(12)6-10(9)13/h2-6H,1H2. The first-order chi connectivity index (χ1) is 7.18. The molecule has 76 valence electrons. The molecule has 2 rings (SSSR count). The summed E-state index contributed by atoms with van der Waals surface area (Å²) in [7, 11) is 0. The number of benzene rings is 1. The van der Waals surface area contributed by atoms with Gasteiger partial charge in [0.2, 0.25) is 5.89 Å². The molecule has 0 aliphatic rings. The van der Waals surface area contributed by atoms with Crippen molar-refractivity contribution in [1.82, 2.24) is 4.98 Å². The maximum Gasteiger partial charge on any atom is 0.225 e. The smallest absolute Gasteiger partial charge is 0.225 e. The van der Waals surface area contributed by atoms with Gasteiger partial charge in [0, 0.05) is 17.2 Å². The molecule has 0 saturated heterocycles. The van der Waals surface area contributed by atoms with Gasteiger partial charge < -0.3 is 4.42 Å². The number of hydrogen-bond acceptors (Lipinski definition) is 2. The molecule has 0 aliphatic carbocycles. The normalized spacial score (nSPS) is 10.3. The van der Waals surface area contributed by atoms with Gasteiger partial charge >= 0.3 is 0 Å². The Hall–Kier alpha value is -1.97. The Morgan fingerprint density at radius 2 is 2.13 bits per heavy atom. The molecule has 0 amide bonds. The third kappa shape index (κ3) is 1.79. The van der Waals surface area contributed by atoms with Crippen molar-refractivity contribution in [3.05, 3.63) is 60.3 Å². The first kappa shape index (κ1) is 9.58. The van der Waals surface area contributed by atoms with Crippen molar-refractivity contribution in [2.75, 3.05) is 0 Å². The Kier molecular flexibility index (Phi) is 2.33. The van der Waals surface area contributed by atoms with E-state index in [0.717, 1.165) is 12.1 Å². The molecule has 0 N–H and O–H groups in total. The molecule has 0 saturated carbocycles. The molecular weight excluding hydrogens is 200 g/mol. The highest BCUT2D eigenvalue weighted by Crippen LogP contribution is 2.22. The Bertz CT molecular complexity index is 491. The SMILES string of the molecule is C=C(c1ncco1)c1ccc(F)cc1F. The number of halogens is 2. The lowest BCUT2D eigenvalue weighted by Gasteiger charge is -2.02. The number of oxazole rings is 1. The summed E-state index contributed by atoms with van der Waals surface area (Å²) in [6, 6.07) is 3.26. The Morgan fingerprint density at radius 1 is 1.33 bits per heavy atom. The molecule has 2 aromatic rings. The van der Waals surface area contributed by atoms with E-state index in [9.17, 15) is 8.78 Å². The number of aromatic nitrogens is 1. The van der Waals surface area contributed by atoms with Crippen molar-refractivity contribution in [1.29, 1.82) is 0 Å². The molecule has 4 heteroatoms. The third-order valence-corrected chi connectivity index (χ3v) is 1.95. The minimum absolute atomic E-state index is 0.179. The van der Waals surface area contributed by atoms with Crippen LogP contribution in [0.25, 0.3) is 5.57 Å². The zero-order valence-corrected chi connectivity index (χ0v) is 7.71. The molecule has 0 fully saturated rings. The molecule has 1 aromatic carbocycles. The summed E-state index contributed by atoms with van der Waals surface area (Å²) in [5.74, 6) is -1.09. The summed E-state index contributed by atoms with van der Waals surface area (Å²) in [4.78, 5) is 3.83. The number of hydrogen-bond donors (Lipinski definition) is 0. The Balaban J connectivity index is 2.42. The topological polar surface area (TPSA) is 26.0 Å².